The summed E-state index contributed by atoms with van der Waals surface area (Å²) >= 11 is 0. The Morgan fingerprint density at radius 1 is 1.15 bits per heavy atom. The average molecular weight is 380 g/mol. The first-order chi connectivity index (χ1) is 12.8. The van der Waals surface area contributed by atoms with Crippen molar-refractivity contribution < 1.29 is 22.8 Å². The number of hydrogen-bond donors (Lipinski definition) is 1. The van der Waals surface area contributed by atoms with Gasteiger partial charge < -0.3 is 10.2 Å². The molecule has 146 valence electrons. The highest BCUT2D eigenvalue weighted by atomic mass is 19.4. The molecule has 0 bridgehead atoms. The van der Waals surface area contributed by atoms with Gasteiger partial charge in [-0.25, -0.2) is 0 Å². The highest BCUT2D eigenvalue weighted by molar-refractivity contribution is 5.82. The Morgan fingerprint density at radius 2 is 1.81 bits per heavy atom. The number of fused-ring (bicyclic) bond motifs is 1. The van der Waals surface area contributed by atoms with Crippen molar-refractivity contribution in [2.45, 2.75) is 57.3 Å². The van der Waals surface area contributed by atoms with E-state index in [0.717, 1.165) is 11.1 Å². The molecule has 1 heterocycles. The average Bonchev–Trinajstić information content (AvgIpc) is 2.61. The summed E-state index contributed by atoms with van der Waals surface area (Å²) in [5.74, 6) is -1.68. The number of rotatable bonds is 3. The van der Waals surface area contributed by atoms with E-state index in [1.807, 2.05) is 30.3 Å². The summed E-state index contributed by atoms with van der Waals surface area (Å²) in [5.41, 5.74) is 1.85. The van der Waals surface area contributed by atoms with Gasteiger partial charge in [0, 0.05) is 19.2 Å². The van der Waals surface area contributed by atoms with Gasteiger partial charge in [0.25, 0.3) is 0 Å². The molecule has 3 rings (SSSR count). The summed E-state index contributed by atoms with van der Waals surface area (Å²) in [7, 11) is 0. The Labute approximate surface area is 156 Å². The second kappa shape index (κ2) is 7.74. The van der Waals surface area contributed by atoms with Gasteiger partial charge in [-0.15, -0.1) is 0 Å². The van der Waals surface area contributed by atoms with E-state index in [1.54, 1.807) is 6.20 Å². The van der Waals surface area contributed by atoms with E-state index in [4.69, 9.17) is 0 Å². The number of nitrogens with one attached hydrogen (secondary N) is 1. The lowest BCUT2D eigenvalue weighted by molar-refractivity contribution is -0.182. The smallest absolute Gasteiger partial charge is 0.353 e. The van der Waals surface area contributed by atoms with Crippen LogP contribution >= 0.6 is 0 Å². The van der Waals surface area contributed by atoms with E-state index in [9.17, 15) is 22.8 Å². The zero-order valence-electron chi connectivity index (χ0n) is 15.1. The molecule has 1 atom stereocenters. The maximum atomic E-state index is 12.8. The zero-order valence-corrected chi connectivity index (χ0v) is 15.1. The summed E-state index contributed by atoms with van der Waals surface area (Å²) < 4.78 is 38.3. The van der Waals surface area contributed by atoms with Crippen molar-refractivity contribution in [3.8, 4) is 0 Å². The summed E-state index contributed by atoms with van der Waals surface area (Å²) in [4.78, 5) is 26.0. The molecule has 2 amide bonds. The molecular formula is C20H23F3N2O2. The van der Waals surface area contributed by atoms with Crippen molar-refractivity contribution in [3.05, 3.63) is 41.6 Å². The standard InChI is InChI=1S/C20H23F3N2O2/c1-13(26)25-11-10-14-4-2-3-5-17(14)18(25)12-19(27)24-16-8-6-15(7-9-16)20(21,22)23/h2-5,10-11,15-16,18H,6-9,12H2,1H3,(H,24,27). The predicted molar refractivity (Wildman–Crippen MR) is 95.3 cm³/mol. The molecular weight excluding hydrogens is 357 g/mol. The Balaban J connectivity index is 1.63. The number of benzene rings is 1. The fourth-order valence-electron chi connectivity index (χ4n) is 3.94. The maximum absolute atomic E-state index is 12.8. The molecule has 1 saturated carbocycles. The van der Waals surface area contributed by atoms with E-state index >= 15 is 0 Å². The van der Waals surface area contributed by atoms with Gasteiger partial charge in [-0.2, -0.15) is 13.2 Å². The third-order valence-electron chi connectivity index (χ3n) is 5.40. The lowest BCUT2D eigenvalue weighted by Gasteiger charge is -2.34. The minimum Gasteiger partial charge on any atom is -0.353 e. The summed E-state index contributed by atoms with van der Waals surface area (Å²) in [6, 6.07) is 6.92. The number of amides is 2. The minimum absolute atomic E-state index is 0.0447. The van der Waals surface area contributed by atoms with Crippen LogP contribution in [0.2, 0.25) is 0 Å². The maximum Gasteiger partial charge on any atom is 0.391 e. The van der Waals surface area contributed by atoms with Crippen LogP contribution in [0.15, 0.2) is 30.5 Å². The molecule has 1 unspecified atom stereocenters. The lowest BCUT2D eigenvalue weighted by atomic mass is 9.85. The molecule has 0 radical (unpaired) electrons. The molecule has 1 N–H and O–H groups in total. The van der Waals surface area contributed by atoms with Crippen molar-refractivity contribution in [2.75, 3.05) is 0 Å². The first-order valence-corrected chi connectivity index (χ1v) is 9.18. The third kappa shape index (κ3) is 4.51. The fourth-order valence-corrected chi connectivity index (χ4v) is 3.94. The topological polar surface area (TPSA) is 49.4 Å². The zero-order chi connectivity index (χ0) is 19.6. The highest BCUT2D eigenvalue weighted by Crippen LogP contribution is 2.38. The molecule has 0 saturated heterocycles. The van der Waals surface area contributed by atoms with Gasteiger partial charge in [-0.05, 0) is 42.9 Å². The van der Waals surface area contributed by atoms with Crippen LogP contribution < -0.4 is 5.32 Å². The number of carbonyl (C=O) groups excluding carboxylic acids is 2. The van der Waals surface area contributed by atoms with Crippen LogP contribution in [0.3, 0.4) is 0 Å². The third-order valence-corrected chi connectivity index (χ3v) is 5.40. The number of hydrogen-bond acceptors (Lipinski definition) is 2. The number of halogens is 3. The second-order valence-electron chi connectivity index (χ2n) is 7.25. The van der Waals surface area contributed by atoms with Gasteiger partial charge in [0.2, 0.25) is 11.8 Å². The van der Waals surface area contributed by atoms with Crippen LogP contribution in [0.4, 0.5) is 13.2 Å². The predicted octanol–water partition coefficient (Wildman–Crippen LogP) is 4.19. The van der Waals surface area contributed by atoms with Crippen LogP contribution in [-0.4, -0.2) is 28.9 Å². The fraction of sp³-hybridized carbons (Fsp3) is 0.500. The van der Waals surface area contributed by atoms with Crippen LogP contribution in [0, 0.1) is 5.92 Å². The van der Waals surface area contributed by atoms with Gasteiger partial charge in [0.1, 0.15) is 0 Å². The van der Waals surface area contributed by atoms with E-state index in [2.05, 4.69) is 5.32 Å². The van der Waals surface area contributed by atoms with Gasteiger partial charge in [-0.1, -0.05) is 24.3 Å². The molecule has 2 aliphatic rings. The van der Waals surface area contributed by atoms with Crippen molar-refractivity contribution in [1.82, 2.24) is 10.2 Å². The molecule has 1 aliphatic heterocycles. The summed E-state index contributed by atoms with van der Waals surface area (Å²) in [6.07, 6.45) is 0.184. The number of nitrogens with zero attached hydrogens (tertiary/aromatic N) is 1. The summed E-state index contributed by atoms with van der Waals surface area (Å²) in [5, 5.41) is 2.86. The van der Waals surface area contributed by atoms with Crippen LogP contribution in [-0.2, 0) is 9.59 Å². The first-order valence-electron chi connectivity index (χ1n) is 9.18. The van der Waals surface area contributed by atoms with E-state index in [0.29, 0.717) is 12.8 Å². The molecule has 1 aromatic rings. The first kappa shape index (κ1) is 19.5. The van der Waals surface area contributed by atoms with E-state index in [-0.39, 0.29) is 37.1 Å². The van der Waals surface area contributed by atoms with E-state index in [1.165, 1.54) is 11.8 Å². The lowest BCUT2D eigenvalue weighted by Crippen LogP contribution is -2.42. The quantitative estimate of drug-likeness (QED) is 0.855. The van der Waals surface area contributed by atoms with Crippen LogP contribution in [0.5, 0.6) is 0 Å². The van der Waals surface area contributed by atoms with Crippen molar-refractivity contribution in [3.63, 3.8) is 0 Å². The molecule has 1 aliphatic carbocycles. The Hall–Kier alpha value is -2.31. The Kier molecular flexibility index (Phi) is 5.58. The molecule has 1 fully saturated rings. The largest absolute Gasteiger partial charge is 0.391 e. The molecule has 27 heavy (non-hydrogen) atoms. The normalized spacial score (nSPS) is 25.0. The van der Waals surface area contributed by atoms with Gasteiger partial charge in [0.05, 0.1) is 18.4 Å². The molecule has 4 nitrogen and oxygen atoms in total. The monoisotopic (exact) mass is 380 g/mol. The molecule has 0 aromatic heterocycles. The molecule has 1 aromatic carbocycles. The van der Waals surface area contributed by atoms with Gasteiger partial charge in [0.15, 0.2) is 0 Å². The number of alkyl halides is 3. The van der Waals surface area contributed by atoms with E-state index < -0.39 is 18.1 Å². The number of carbonyl (C=O) groups is 2. The van der Waals surface area contributed by atoms with Gasteiger partial charge >= 0.3 is 6.18 Å². The van der Waals surface area contributed by atoms with Crippen LogP contribution in [0.25, 0.3) is 6.08 Å². The Bertz CT molecular complexity index is 737. The van der Waals surface area contributed by atoms with Crippen molar-refractivity contribution in [1.29, 1.82) is 0 Å². The SMILES string of the molecule is CC(=O)N1C=Cc2ccccc2C1CC(=O)NC1CCC(C(F)(F)F)CC1. The minimum atomic E-state index is -4.16. The summed E-state index contributed by atoms with van der Waals surface area (Å²) in [6.45, 7) is 1.45. The molecule has 7 heteroatoms. The van der Waals surface area contributed by atoms with Crippen molar-refractivity contribution in [2.24, 2.45) is 5.92 Å². The van der Waals surface area contributed by atoms with Gasteiger partial charge in [-0.3, -0.25) is 9.59 Å². The van der Waals surface area contributed by atoms with Crippen molar-refractivity contribution >= 4 is 17.9 Å². The Morgan fingerprint density at radius 3 is 2.44 bits per heavy atom. The van der Waals surface area contributed by atoms with Crippen LogP contribution in [0.1, 0.15) is 56.2 Å². The highest BCUT2D eigenvalue weighted by Gasteiger charge is 2.41. The second-order valence-corrected chi connectivity index (χ2v) is 7.25. The molecule has 0 spiro atoms.